The number of imidazole rings is 1. The van der Waals surface area contributed by atoms with Crippen LogP contribution in [0.5, 0.6) is 5.88 Å². The Morgan fingerprint density at radius 3 is 2.50 bits per heavy atom. The van der Waals surface area contributed by atoms with Gasteiger partial charge in [-0.05, 0) is 98.5 Å². The van der Waals surface area contributed by atoms with E-state index in [1.165, 1.54) is 12.3 Å². The molecule has 2 aliphatic carbocycles. The third-order valence-electron chi connectivity index (χ3n) is 9.67. The maximum atomic E-state index is 12.8. The van der Waals surface area contributed by atoms with Gasteiger partial charge in [-0.2, -0.15) is 5.26 Å². The van der Waals surface area contributed by atoms with Gasteiger partial charge in [-0.25, -0.2) is 19.7 Å². The van der Waals surface area contributed by atoms with Gasteiger partial charge in [0.05, 0.1) is 28.4 Å². The predicted octanol–water partition coefficient (Wildman–Crippen LogP) is 7.85. The van der Waals surface area contributed by atoms with Gasteiger partial charge >= 0.3 is 6.09 Å². The number of rotatable bonds is 8. The third-order valence-corrected chi connectivity index (χ3v) is 14.2. The van der Waals surface area contributed by atoms with Crippen LogP contribution in [0.3, 0.4) is 0 Å². The van der Waals surface area contributed by atoms with Gasteiger partial charge in [-0.15, -0.1) is 0 Å². The fourth-order valence-electron chi connectivity index (χ4n) is 6.01. The van der Waals surface area contributed by atoms with Crippen molar-refractivity contribution in [2.24, 2.45) is 0 Å². The Morgan fingerprint density at radius 1 is 1.07 bits per heavy atom. The van der Waals surface area contributed by atoms with Crippen LogP contribution in [0.2, 0.25) is 18.1 Å². The largest absolute Gasteiger partial charge is 0.419 e. The van der Waals surface area contributed by atoms with Crippen LogP contribution in [0.25, 0.3) is 22.3 Å². The number of nitriles is 1. The molecule has 3 aromatic heterocycles. The van der Waals surface area contributed by atoms with Gasteiger partial charge in [0.25, 0.3) is 0 Å². The number of aliphatic hydroxyl groups excluding tert-OH is 1. The minimum absolute atomic E-state index is 0.140. The molecular weight excluding hydrogens is 597 g/mol. The van der Waals surface area contributed by atoms with E-state index in [9.17, 15) is 9.90 Å². The Kier molecular flexibility index (Phi) is 8.72. The van der Waals surface area contributed by atoms with Crippen molar-refractivity contribution in [3.8, 4) is 23.2 Å². The number of nitrogens with zero attached hydrogens (tertiary/aromatic N) is 5. The zero-order chi connectivity index (χ0) is 32.6. The first kappa shape index (κ1) is 31.9. The van der Waals surface area contributed by atoms with E-state index in [2.05, 4.69) is 60.9 Å². The summed E-state index contributed by atoms with van der Waals surface area (Å²) in [5.41, 5.74) is 4.81. The minimum Gasteiger partial charge on any atom is -0.414 e. The summed E-state index contributed by atoms with van der Waals surface area (Å²) in [6.07, 6.45) is 7.00. The van der Waals surface area contributed by atoms with Crippen molar-refractivity contribution in [3.63, 3.8) is 0 Å². The zero-order valence-corrected chi connectivity index (χ0v) is 28.2. The molecule has 46 heavy (non-hydrogen) atoms. The molecule has 11 heteroatoms. The van der Waals surface area contributed by atoms with Gasteiger partial charge in [0, 0.05) is 30.0 Å². The monoisotopic (exact) mass is 638 g/mol. The molecular formula is C35H42N6O4Si. The van der Waals surface area contributed by atoms with Gasteiger partial charge in [0.1, 0.15) is 18.2 Å². The van der Waals surface area contributed by atoms with Crippen molar-refractivity contribution in [3.05, 3.63) is 65.6 Å². The van der Waals surface area contributed by atoms with Gasteiger partial charge in [0.15, 0.2) is 8.32 Å². The van der Waals surface area contributed by atoms with Gasteiger partial charge < -0.3 is 18.8 Å². The van der Waals surface area contributed by atoms with E-state index < -0.39 is 14.4 Å². The van der Waals surface area contributed by atoms with Crippen molar-refractivity contribution in [2.75, 3.05) is 5.32 Å². The number of hydrogen-bond donors (Lipinski definition) is 2. The number of carbonyl (C=O) groups is 1. The molecule has 2 N–H and O–H groups in total. The maximum Gasteiger partial charge on any atom is 0.419 e. The lowest BCUT2D eigenvalue weighted by Gasteiger charge is -2.41. The molecule has 240 valence electrons. The third kappa shape index (κ3) is 6.84. The number of aromatic nitrogens is 4. The molecule has 0 atom stereocenters. The highest BCUT2D eigenvalue weighted by Gasteiger charge is 2.40. The van der Waals surface area contributed by atoms with Crippen molar-refractivity contribution >= 4 is 31.3 Å². The van der Waals surface area contributed by atoms with E-state index in [-0.39, 0.29) is 35.5 Å². The number of fused-ring (bicyclic) bond motifs is 1. The maximum absolute atomic E-state index is 12.8. The van der Waals surface area contributed by atoms with Crippen LogP contribution in [0.15, 0.2) is 48.7 Å². The lowest BCUT2D eigenvalue weighted by atomic mass is 9.92. The van der Waals surface area contributed by atoms with Crippen LogP contribution in [0.1, 0.15) is 88.2 Å². The predicted molar refractivity (Wildman–Crippen MR) is 179 cm³/mol. The quantitative estimate of drug-likeness (QED) is 0.186. The number of benzene rings is 1. The fourth-order valence-corrected chi connectivity index (χ4v) is 7.43. The Balaban J connectivity index is 1.25. The average Bonchev–Trinajstić information content (AvgIpc) is 3.81. The number of aliphatic hydroxyl groups is 1. The van der Waals surface area contributed by atoms with Crippen LogP contribution in [-0.2, 0) is 11.0 Å². The molecule has 1 amide bonds. The second kappa shape index (κ2) is 12.6. The molecule has 0 saturated heterocycles. The topological polar surface area (TPSA) is 135 Å². The van der Waals surface area contributed by atoms with E-state index in [4.69, 9.17) is 24.4 Å². The van der Waals surface area contributed by atoms with Crippen molar-refractivity contribution in [2.45, 2.75) is 102 Å². The smallest absolute Gasteiger partial charge is 0.414 e. The number of nitrogens with one attached hydrogen (secondary N) is 1. The highest BCUT2D eigenvalue weighted by atomic mass is 28.4. The van der Waals surface area contributed by atoms with Crippen LogP contribution >= 0.6 is 0 Å². The molecule has 0 unspecified atom stereocenters. The SMILES string of the molecule is CC(C)(C)[Si](C)(C)OC1CCC(n2c(CO)nc3ccc(-c4cc(C5CC5)cc(OC(=O)Nc5cc(C#N)ccn5)n4)cc32)CC1. The van der Waals surface area contributed by atoms with Crippen molar-refractivity contribution < 1.29 is 19.1 Å². The normalized spacial score (nSPS) is 18.7. The summed E-state index contributed by atoms with van der Waals surface area (Å²) in [6, 6.07) is 15.2. The first-order chi connectivity index (χ1) is 21.9. The summed E-state index contributed by atoms with van der Waals surface area (Å²) < 4.78 is 14.6. The molecule has 2 aliphatic rings. The first-order valence-corrected chi connectivity index (χ1v) is 19.0. The zero-order valence-electron chi connectivity index (χ0n) is 27.2. The van der Waals surface area contributed by atoms with Crippen LogP contribution in [0, 0.1) is 11.3 Å². The number of hydrogen-bond acceptors (Lipinski definition) is 8. The van der Waals surface area contributed by atoms with Gasteiger partial charge in [-0.1, -0.05) is 26.8 Å². The number of ether oxygens (including phenoxy) is 1. The molecule has 0 radical (unpaired) electrons. The molecule has 2 saturated carbocycles. The minimum atomic E-state index is -1.85. The first-order valence-electron chi connectivity index (χ1n) is 16.1. The second-order valence-corrected chi connectivity index (χ2v) is 18.8. The van der Waals surface area contributed by atoms with Crippen molar-refractivity contribution in [1.82, 2.24) is 19.5 Å². The lowest BCUT2D eigenvalue weighted by Crippen LogP contribution is -2.44. The Bertz CT molecular complexity index is 1800. The molecule has 0 spiro atoms. The highest BCUT2D eigenvalue weighted by Crippen LogP contribution is 2.43. The Hall–Kier alpha value is -4.11. The fraction of sp³-hybridized carbons (Fsp3) is 0.457. The summed E-state index contributed by atoms with van der Waals surface area (Å²) in [5.74, 6) is 1.48. The summed E-state index contributed by atoms with van der Waals surface area (Å²) in [6.45, 7) is 11.3. The molecule has 1 aromatic carbocycles. The van der Waals surface area contributed by atoms with E-state index in [0.29, 0.717) is 23.0 Å². The molecule has 3 heterocycles. The molecule has 0 aliphatic heterocycles. The number of anilines is 1. The second-order valence-electron chi connectivity index (χ2n) is 14.0. The number of carbonyl (C=O) groups excluding carboxylic acids is 1. The van der Waals surface area contributed by atoms with Gasteiger partial charge in [-0.3, -0.25) is 5.32 Å². The Labute approximate surface area is 270 Å². The summed E-state index contributed by atoms with van der Waals surface area (Å²) in [5, 5.41) is 22.2. The van der Waals surface area contributed by atoms with Crippen molar-refractivity contribution in [1.29, 1.82) is 5.26 Å². The van der Waals surface area contributed by atoms with E-state index >= 15 is 0 Å². The molecule has 0 bridgehead atoms. The lowest BCUT2D eigenvalue weighted by molar-refractivity contribution is 0.117. The Morgan fingerprint density at radius 2 is 1.83 bits per heavy atom. The molecule has 2 fully saturated rings. The number of amides is 1. The summed E-state index contributed by atoms with van der Waals surface area (Å²) in [4.78, 5) is 26.4. The summed E-state index contributed by atoms with van der Waals surface area (Å²) in [7, 11) is -1.85. The van der Waals surface area contributed by atoms with Crippen LogP contribution in [0.4, 0.5) is 10.6 Å². The highest BCUT2D eigenvalue weighted by molar-refractivity contribution is 6.74. The molecule has 10 nitrogen and oxygen atoms in total. The molecule has 6 rings (SSSR count). The summed E-state index contributed by atoms with van der Waals surface area (Å²) >= 11 is 0. The van der Waals surface area contributed by atoms with Gasteiger partial charge in [0.2, 0.25) is 5.88 Å². The van der Waals surface area contributed by atoms with Crippen LogP contribution < -0.4 is 10.1 Å². The van der Waals surface area contributed by atoms with E-state index in [0.717, 1.165) is 60.7 Å². The van der Waals surface area contributed by atoms with Crippen LogP contribution in [-0.4, -0.2) is 45.1 Å². The van der Waals surface area contributed by atoms with E-state index in [1.807, 2.05) is 24.3 Å². The molecule has 4 aromatic rings. The average molecular weight is 639 g/mol. The van der Waals surface area contributed by atoms with E-state index in [1.54, 1.807) is 6.07 Å². The standard InChI is InChI=1S/C35H42N6O4Si/c1-35(2,3)46(4,5)45-27-11-9-26(10-12-27)41-30-18-24(8-13-28(30)38-32(41)21-42)29-17-25(23-6-7-23)19-33(39-29)44-34(43)40-31-16-22(20-36)14-15-37-31/h8,13-19,23,26-27,42H,6-7,9-12,21H2,1-5H3,(H,37,40,43). The number of pyridine rings is 2.